The standard InChI is InChI=1S/C41H57N11O11/c53-32(5-3-6-33(54)25-31-9-10-35(44-26-31)41-47-45-40(46-48-41)34-8-1-2-11-42-34)7-4-21-62-23-24-63-22-12-43-36(55)27-49-13-15-50(28-37(56)57)17-19-52(30-39(60)61)20-18-51(16-14-49)29-38(58)59/h1-2,8-11,26H,3-7,12-25,27-30H2,(H,43,55)(H,56,57)(H,58,59)(H,60,61). The molecule has 1 aliphatic heterocycles. The number of carboxylic acid groups (broad SMARTS) is 3. The first-order valence-electron chi connectivity index (χ1n) is 20.9. The fourth-order valence-electron chi connectivity index (χ4n) is 6.51. The van der Waals surface area contributed by atoms with Gasteiger partial charge in [0.2, 0.25) is 17.6 Å². The van der Waals surface area contributed by atoms with E-state index in [1.54, 1.807) is 51.4 Å². The molecule has 0 aliphatic carbocycles. The zero-order chi connectivity index (χ0) is 45.2. The molecule has 0 saturated carbocycles. The van der Waals surface area contributed by atoms with Crippen LogP contribution in [0.25, 0.3) is 23.0 Å². The maximum atomic E-state index is 12.8. The summed E-state index contributed by atoms with van der Waals surface area (Å²) in [5, 5.41) is 47.3. The van der Waals surface area contributed by atoms with E-state index in [-0.39, 0.29) is 88.6 Å². The van der Waals surface area contributed by atoms with Crippen molar-refractivity contribution in [1.29, 1.82) is 0 Å². The van der Waals surface area contributed by atoms with Crippen LogP contribution in [0.2, 0.25) is 0 Å². The van der Waals surface area contributed by atoms with Gasteiger partial charge in [-0.2, -0.15) is 0 Å². The van der Waals surface area contributed by atoms with Crippen LogP contribution in [0.15, 0.2) is 42.7 Å². The first-order valence-corrected chi connectivity index (χ1v) is 20.9. The number of rotatable bonds is 26. The molecule has 4 rings (SSSR count). The van der Waals surface area contributed by atoms with Crippen LogP contribution in [0.4, 0.5) is 0 Å². The van der Waals surface area contributed by atoms with Crippen LogP contribution in [0, 0.1) is 0 Å². The van der Waals surface area contributed by atoms with Crippen LogP contribution in [0.1, 0.15) is 37.7 Å². The maximum Gasteiger partial charge on any atom is 0.317 e. The number of ketones is 2. The number of hydrogen-bond acceptors (Lipinski definition) is 18. The Bertz CT molecular complexity index is 1860. The van der Waals surface area contributed by atoms with Gasteiger partial charge >= 0.3 is 17.9 Å². The molecule has 63 heavy (non-hydrogen) atoms. The second-order valence-electron chi connectivity index (χ2n) is 14.9. The number of Topliss-reactive ketones (excluding diaryl/α,β-unsaturated/α-hetero) is 2. The van der Waals surface area contributed by atoms with Gasteiger partial charge in [-0.05, 0) is 36.6 Å². The quantitative estimate of drug-likeness (QED) is 0.0750. The minimum absolute atomic E-state index is 0.00990. The van der Waals surface area contributed by atoms with Gasteiger partial charge < -0.3 is 30.1 Å². The SMILES string of the molecule is O=C(O)CN1CCN(CC(=O)O)CCN(CC(=O)NCCOCCOCCCC(=O)CCCC(=O)Cc2ccc(-c3nnc(-c4ccccn4)nn3)nc2)CCN(CC(=O)O)CC1. The van der Waals surface area contributed by atoms with Crippen LogP contribution >= 0.6 is 0 Å². The Morgan fingerprint density at radius 3 is 1.54 bits per heavy atom. The van der Waals surface area contributed by atoms with Crippen molar-refractivity contribution in [3.63, 3.8) is 0 Å². The van der Waals surface area contributed by atoms with Gasteiger partial charge in [0.15, 0.2) is 0 Å². The summed E-state index contributed by atoms with van der Waals surface area (Å²) in [6.07, 6.45) is 5.37. The maximum absolute atomic E-state index is 12.8. The number of carbonyl (C=O) groups is 6. The second kappa shape index (κ2) is 28.0. The topological polar surface area (TPSA) is 284 Å². The van der Waals surface area contributed by atoms with Gasteiger partial charge in [-0.3, -0.25) is 58.3 Å². The lowest BCUT2D eigenvalue weighted by atomic mass is 10.0. The number of aliphatic carboxylic acids is 3. The molecule has 4 heterocycles. The lowest BCUT2D eigenvalue weighted by molar-refractivity contribution is -0.140. The summed E-state index contributed by atoms with van der Waals surface area (Å²) >= 11 is 0. The predicted octanol–water partition coefficient (Wildman–Crippen LogP) is -0.353. The lowest BCUT2D eigenvalue weighted by Gasteiger charge is -2.32. The van der Waals surface area contributed by atoms with E-state index in [9.17, 15) is 44.1 Å². The number of pyridine rings is 2. The number of hydrogen-bond donors (Lipinski definition) is 4. The molecule has 0 spiro atoms. The van der Waals surface area contributed by atoms with E-state index in [1.807, 2.05) is 11.0 Å². The average molecular weight is 880 g/mol. The van der Waals surface area contributed by atoms with E-state index >= 15 is 0 Å². The van der Waals surface area contributed by atoms with Crippen molar-refractivity contribution in [3.8, 4) is 23.0 Å². The Balaban J connectivity index is 1.03. The Kier molecular flexibility index (Phi) is 22.2. The minimum Gasteiger partial charge on any atom is -0.480 e. The molecule has 22 heteroatoms. The number of ether oxygens (including phenoxy) is 2. The summed E-state index contributed by atoms with van der Waals surface area (Å²) in [6, 6.07) is 8.85. The van der Waals surface area contributed by atoms with E-state index in [1.165, 1.54) is 0 Å². The molecule has 0 unspecified atom stereocenters. The van der Waals surface area contributed by atoms with Crippen LogP contribution in [-0.4, -0.2) is 212 Å². The third-order valence-corrected chi connectivity index (χ3v) is 9.80. The highest BCUT2D eigenvalue weighted by atomic mass is 16.5. The first kappa shape index (κ1) is 49.9. The van der Waals surface area contributed by atoms with Gasteiger partial charge in [0, 0.05) is 104 Å². The smallest absolute Gasteiger partial charge is 0.317 e. The molecular weight excluding hydrogens is 823 g/mol. The van der Waals surface area contributed by atoms with Crippen molar-refractivity contribution < 1.29 is 53.6 Å². The van der Waals surface area contributed by atoms with Crippen molar-refractivity contribution in [2.45, 2.75) is 38.5 Å². The summed E-state index contributed by atoms with van der Waals surface area (Å²) in [6.45, 7) is 3.21. The van der Waals surface area contributed by atoms with Gasteiger partial charge in [0.25, 0.3) is 0 Å². The van der Waals surface area contributed by atoms with Crippen LogP contribution in [0.3, 0.4) is 0 Å². The van der Waals surface area contributed by atoms with Crippen molar-refractivity contribution in [3.05, 3.63) is 48.3 Å². The lowest BCUT2D eigenvalue weighted by Crippen LogP contribution is -2.50. The Labute approximate surface area is 365 Å². The number of aromatic nitrogens is 6. The molecule has 0 atom stereocenters. The minimum atomic E-state index is -1.03. The third kappa shape index (κ3) is 20.8. The van der Waals surface area contributed by atoms with Crippen LogP contribution in [0.5, 0.6) is 0 Å². The molecule has 1 amide bonds. The largest absolute Gasteiger partial charge is 0.480 e. The molecule has 1 fully saturated rings. The number of carbonyl (C=O) groups excluding carboxylic acids is 3. The number of nitrogens with one attached hydrogen (secondary N) is 1. The summed E-state index contributed by atoms with van der Waals surface area (Å²) in [5.41, 5.74) is 1.77. The average Bonchev–Trinajstić information content (AvgIpc) is 3.25. The number of amides is 1. The van der Waals surface area contributed by atoms with E-state index in [2.05, 4.69) is 35.7 Å². The zero-order valence-corrected chi connectivity index (χ0v) is 35.4. The van der Waals surface area contributed by atoms with E-state index in [0.29, 0.717) is 102 Å². The van der Waals surface area contributed by atoms with Crippen molar-refractivity contribution in [2.24, 2.45) is 0 Å². The molecular formula is C41H57N11O11. The van der Waals surface area contributed by atoms with E-state index < -0.39 is 17.9 Å². The summed E-state index contributed by atoms with van der Waals surface area (Å²) in [7, 11) is 0. The van der Waals surface area contributed by atoms with Crippen molar-refractivity contribution in [1.82, 2.24) is 55.3 Å². The van der Waals surface area contributed by atoms with Crippen LogP contribution in [-0.2, 0) is 44.7 Å². The van der Waals surface area contributed by atoms with E-state index in [4.69, 9.17) is 9.47 Å². The molecule has 0 radical (unpaired) electrons. The molecule has 1 aliphatic rings. The molecule has 342 valence electrons. The molecule has 1 saturated heterocycles. The highest BCUT2D eigenvalue weighted by Gasteiger charge is 2.21. The Morgan fingerprint density at radius 2 is 1.05 bits per heavy atom. The number of nitrogens with zero attached hydrogens (tertiary/aromatic N) is 10. The van der Waals surface area contributed by atoms with Gasteiger partial charge in [-0.25, -0.2) is 0 Å². The summed E-state index contributed by atoms with van der Waals surface area (Å²) in [4.78, 5) is 87.5. The molecule has 22 nitrogen and oxygen atoms in total. The number of carboxylic acids is 3. The Hall–Kier alpha value is -5.78. The zero-order valence-electron chi connectivity index (χ0n) is 35.4. The predicted molar refractivity (Wildman–Crippen MR) is 224 cm³/mol. The normalized spacial score (nSPS) is 14.9. The third-order valence-electron chi connectivity index (χ3n) is 9.80. The fraction of sp³-hybridized carbons (Fsp3) is 0.561. The molecule has 3 aromatic heterocycles. The fourth-order valence-corrected chi connectivity index (χ4v) is 6.51. The molecule has 4 N–H and O–H groups in total. The summed E-state index contributed by atoms with van der Waals surface area (Å²) in [5.74, 6) is -2.72. The van der Waals surface area contributed by atoms with Crippen molar-refractivity contribution in [2.75, 3.05) is 112 Å². The first-order chi connectivity index (χ1) is 30.4. The molecule has 0 bridgehead atoms. The van der Waals surface area contributed by atoms with Gasteiger partial charge in [-0.1, -0.05) is 12.1 Å². The van der Waals surface area contributed by atoms with Crippen LogP contribution < -0.4 is 5.32 Å². The Morgan fingerprint density at radius 1 is 0.556 bits per heavy atom. The second-order valence-corrected chi connectivity index (χ2v) is 14.9. The van der Waals surface area contributed by atoms with Gasteiger partial charge in [0.05, 0.1) is 46.0 Å². The van der Waals surface area contributed by atoms with E-state index in [0.717, 1.165) is 5.56 Å². The summed E-state index contributed by atoms with van der Waals surface area (Å²) < 4.78 is 11.1. The van der Waals surface area contributed by atoms with Crippen molar-refractivity contribution >= 4 is 35.4 Å². The molecule has 0 aromatic carbocycles. The highest BCUT2D eigenvalue weighted by molar-refractivity contribution is 5.82. The van der Waals surface area contributed by atoms with Gasteiger partial charge in [0.1, 0.15) is 23.0 Å². The highest BCUT2D eigenvalue weighted by Crippen LogP contribution is 2.14. The van der Waals surface area contributed by atoms with Gasteiger partial charge in [-0.15, -0.1) is 20.4 Å². The monoisotopic (exact) mass is 879 g/mol. The molecule has 3 aromatic rings.